The molecule has 20 heavy (non-hydrogen) atoms. The zero-order valence-electron chi connectivity index (χ0n) is 13.1. The standard InChI is InChI=1S/C20H32/c1-2-8-14-13(7-1)19-15-9-3-5-11-17(15)20(14)18-12-6-4-10-16(18)19/h13-20H,1-12H2/t13-,14+,15-,16?,17+,18?,19?,20?. The third-order valence-corrected chi connectivity index (χ3v) is 8.59. The lowest BCUT2D eigenvalue weighted by Gasteiger charge is -2.67. The van der Waals surface area contributed by atoms with Gasteiger partial charge in [0, 0.05) is 0 Å². The molecule has 0 aromatic rings. The summed E-state index contributed by atoms with van der Waals surface area (Å²) in [5.74, 6) is 9.52. The molecule has 6 aliphatic carbocycles. The summed E-state index contributed by atoms with van der Waals surface area (Å²) in [7, 11) is 0. The quantitative estimate of drug-likeness (QED) is 0.533. The van der Waals surface area contributed by atoms with Gasteiger partial charge < -0.3 is 0 Å². The highest BCUT2D eigenvalue weighted by molar-refractivity contribution is 5.09. The molecule has 6 fully saturated rings. The van der Waals surface area contributed by atoms with Gasteiger partial charge in [0.1, 0.15) is 0 Å². The molecule has 0 amide bonds. The van der Waals surface area contributed by atoms with Gasteiger partial charge in [-0.25, -0.2) is 0 Å². The Morgan fingerprint density at radius 3 is 0.700 bits per heavy atom. The van der Waals surface area contributed by atoms with E-state index < -0.39 is 0 Å². The first kappa shape index (κ1) is 12.5. The summed E-state index contributed by atoms with van der Waals surface area (Å²) in [6.45, 7) is 0. The first-order chi connectivity index (χ1) is 9.95. The van der Waals surface area contributed by atoms with E-state index in [1.54, 1.807) is 77.0 Å². The van der Waals surface area contributed by atoms with Gasteiger partial charge in [0.05, 0.1) is 0 Å². The van der Waals surface area contributed by atoms with Crippen molar-refractivity contribution in [2.24, 2.45) is 47.3 Å². The molecule has 0 radical (unpaired) electrons. The lowest BCUT2D eigenvalue weighted by molar-refractivity contribution is -0.186. The van der Waals surface area contributed by atoms with Crippen molar-refractivity contribution in [3.8, 4) is 0 Å². The van der Waals surface area contributed by atoms with Crippen LogP contribution >= 0.6 is 0 Å². The molecule has 2 unspecified atom stereocenters. The van der Waals surface area contributed by atoms with Crippen molar-refractivity contribution >= 4 is 0 Å². The molecule has 0 aromatic carbocycles. The summed E-state index contributed by atoms with van der Waals surface area (Å²) in [4.78, 5) is 0. The molecular weight excluding hydrogens is 240 g/mol. The van der Waals surface area contributed by atoms with Gasteiger partial charge in [-0.05, 0) is 85.9 Å². The molecule has 0 N–H and O–H groups in total. The van der Waals surface area contributed by atoms with E-state index in [9.17, 15) is 0 Å². The van der Waals surface area contributed by atoms with E-state index in [2.05, 4.69) is 0 Å². The minimum atomic E-state index is 1.19. The predicted octanol–water partition coefficient (Wildman–Crippen LogP) is 5.67. The van der Waals surface area contributed by atoms with Crippen molar-refractivity contribution in [1.29, 1.82) is 0 Å². The number of rotatable bonds is 0. The molecular formula is C20H32. The monoisotopic (exact) mass is 272 g/mol. The molecule has 6 aliphatic rings. The highest BCUT2D eigenvalue weighted by Crippen LogP contribution is 2.68. The van der Waals surface area contributed by atoms with Crippen LogP contribution in [0.1, 0.15) is 77.0 Å². The minimum absolute atomic E-state index is 1.19. The molecule has 0 saturated heterocycles. The van der Waals surface area contributed by atoms with Crippen molar-refractivity contribution in [3.05, 3.63) is 0 Å². The van der Waals surface area contributed by atoms with Crippen LogP contribution in [0, 0.1) is 47.3 Å². The molecule has 0 spiro atoms. The second kappa shape index (κ2) is 4.75. The fourth-order valence-electron chi connectivity index (χ4n) is 8.34. The van der Waals surface area contributed by atoms with Crippen molar-refractivity contribution in [2.45, 2.75) is 77.0 Å². The Morgan fingerprint density at radius 1 is 0.300 bits per heavy atom. The van der Waals surface area contributed by atoms with Gasteiger partial charge in [-0.2, -0.15) is 0 Å². The summed E-state index contributed by atoms with van der Waals surface area (Å²) in [6, 6.07) is 0. The van der Waals surface area contributed by atoms with Crippen LogP contribution in [0.3, 0.4) is 0 Å². The van der Waals surface area contributed by atoms with E-state index >= 15 is 0 Å². The van der Waals surface area contributed by atoms with Crippen molar-refractivity contribution in [1.82, 2.24) is 0 Å². The van der Waals surface area contributed by atoms with E-state index in [0.29, 0.717) is 0 Å². The van der Waals surface area contributed by atoms with Crippen LogP contribution in [-0.2, 0) is 0 Å². The average Bonchev–Trinajstić information content (AvgIpc) is 2.54. The van der Waals surface area contributed by atoms with Crippen molar-refractivity contribution < 1.29 is 0 Å². The molecule has 6 rings (SSSR count). The fraction of sp³-hybridized carbons (Fsp3) is 1.00. The summed E-state index contributed by atoms with van der Waals surface area (Å²) in [6.07, 6.45) is 19.2. The Morgan fingerprint density at radius 2 is 0.500 bits per heavy atom. The van der Waals surface area contributed by atoms with Crippen LogP contribution < -0.4 is 0 Å². The van der Waals surface area contributed by atoms with E-state index in [-0.39, 0.29) is 0 Å². The van der Waals surface area contributed by atoms with Crippen LogP contribution in [0.4, 0.5) is 0 Å². The molecule has 6 atom stereocenters. The summed E-state index contributed by atoms with van der Waals surface area (Å²) >= 11 is 0. The van der Waals surface area contributed by atoms with Crippen molar-refractivity contribution in [2.75, 3.05) is 0 Å². The van der Waals surface area contributed by atoms with Gasteiger partial charge in [-0.15, -0.1) is 0 Å². The molecule has 0 heterocycles. The van der Waals surface area contributed by atoms with Gasteiger partial charge in [0.15, 0.2) is 0 Å². The first-order valence-corrected chi connectivity index (χ1v) is 9.95. The highest BCUT2D eigenvalue weighted by atomic mass is 14.7. The summed E-state index contributed by atoms with van der Waals surface area (Å²) < 4.78 is 0. The van der Waals surface area contributed by atoms with Gasteiger partial charge in [-0.1, -0.05) is 38.5 Å². The minimum Gasteiger partial charge on any atom is -0.0530 e. The van der Waals surface area contributed by atoms with Crippen LogP contribution in [0.2, 0.25) is 0 Å². The Labute approximate surface area is 125 Å². The smallest absolute Gasteiger partial charge is 0.0321 e. The SMILES string of the molecule is C1CCC2C(C1)C1[C@H]3CCCC[C@H]3C2[C@@H]2CCCC[C@H]12. The van der Waals surface area contributed by atoms with E-state index in [1.807, 2.05) is 0 Å². The third kappa shape index (κ3) is 1.60. The van der Waals surface area contributed by atoms with Gasteiger partial charge in [0.2, 0.25) is 0 Å². The molecule has 0 heteroatoms. The Kier molecular flexibility index (Phi) is 2.98. The first-order valence-electron chi connectivity index (χ1n) is 9.95. The third-order valence-electron chi connectivity index (χ3n) is 8.59. The fourth-order valence-corrected chi connectivity index (χ4v) is 8.34. The maximum absolute atomic E-state index is 1.62. The predicted molar refractivity (Wildman–Crippen MR) is 83.3 cm³/mol. The number of hydrogen-bond donors (Lipinski definition) is 0. The lowest BCUT2D eigenvalue weighted by atomic mass is 9.38. The van der Waals surface area contributed by atoms with E-state index in [1.165, 1.54) is 47.3 Å². The molecule has 6 saturated carbocycles. The largest absolute Gasteiger partial charge is 0.0530 e. The van der Waals surface area contributed by atoms with Crippen LogP contribution in [0.25, 0.3) is 0 Å². The normalized spacial score (nSPS) is 57.6. The Hall–Kier alpha value is 0. The maximum Gasteiger partial charge on any atom is -0.0321 e. The Balaban J connectivity index is 1.56. The van der Waals surface area contributed by atoms with Crippen LogP contribution in [-0.4, -0.2) is 0 Å². The highest BCUT2D eigenvalue weighted by Gasteiger charge is 2.61. The molecule has 112 valence electrons. The van der Waals surface area contributed by atoms with E-state index in [4.69, 9.17) is 0 Å². The average molecular weight is 272 g/mol. The van der Waals surface area contributed by atoms with Crippen molar-refractivity contribution in [3.63, 3.8) is 0 Å². The maximum atomic E-state index is 1.62. The topological polar surface area (TPSA) is 0 Å². The second-order valence-corrected chi connectivity index (χ2v) is 8.99. The van der Waals surface area contributed by atoms with Crippen LogP contribution in [0.15, 0.2) is 0 Å². The van der Waals surface area contributed by atoms with E-state index in [0.717, 1.165) is 0 Å². The molecule has 0 aromatic heterocycles. The summed E-state index contributed by atoms with van der Waals surface area (Å²) in [5.41, 5.74) is 0. The zero-order chi connectivity index (χ0) is 13.1. The summed E-state index contributed by atoms with van der Waals surface area (Å²) in [5, 5.41) is 0. The van der Waals surface area contributed by atoms with Gasteiger partial charge in [0.25, 0.3) is 0 Å². The Bertz CT molecular complexity index is 279. The van der Waals surface area contributed by atoms with Crippen LogP contribution in [0.5, 0.6) is 0 Å². The van der Waals surface area contributed by atoms with Gasteiger partial charge >= 0.3 is 0 Å². The second-order valence-electron chi connectivity index (χ2n) is 8.99. The molecule has 2 bridgehead atoms. The molecule has 0 aliphatic heterocycles. The lowest BCUT2D eigenvalue weighted by Crippen LogP contribution is -2.61. The number of hydrogen-bond acceptors (Lipinski definition) is 0. The zero-order valence-corrected chi connectivity index (χ0v) is 13.1. The van der Waals surface area contributed by atoms with Gasteiger partial charge in [-0.3, -0.25) is 0 Å². The molecule has 0 nitrogen and oxygen atoms in total.